The second-order valence-electron chi connectivity index (χ2n) is 5.83. The van der Waals surface area contributed by atoms with Gasteiger partial charge in [-0.15, -0.1) is 0 Å². The molecule has 1 aromatic heterocycles. The molecule has 2 heterocycles. The number of piperidine rings is 1. The monoisotopic (exact) mass is 299 g/mol. The van der Waals surface area contributed by atoms with Gasteiger partial charge in [0, 0.05) is 24.8 Å². The van der Waals surface area contributed by atoms with Crippen LogP contribution in [0.1, 0.15) is 34.6 Å². The van der Waals surface area contributed by atoms with E-state index < -0.39 is 0 Å². The van der Waals surface area contributed by atoms with Crippen molar-refractivity contribution in [1.82, 2.24) is 20.7 Å². The van der Waals surface area contributed by atoms with Crippen LogP contribution >= 0.6 is 0 Å². The molecule has 1 saturated heterocycles. The number of benzene rings is 1. The molecule has 0 atom stereocenters. The standard InChI is InChI=1S/C16H21N5O/c1-11-4-3-5-14(10-11)21-8-6-13(7-9-21)17-16(22)15-12(2)18-20-19-15/h3-5,10,13H,6-9H2,1-2H3,(H,17,22)(H,18,19,20). The minimum absolute atomic E-state index is 0.139. The summed E-state index contributed by atoms with van der Waals surface area (Å²) in [5.41, 5.74) is 3.56. The van der Waals surface area contributed by atoms with Crippen LogP contribution in [0.3, 0.4) is 0 Å². The number of nitrogens with zero attached hydrogens (tertiary/aromatic N) is 3. The smallest absolute Gasteiger partial charge is 0.273 e. The van der Waals surface area contributed by atoms with Crippen molar-refractivity contribution in [2.45, 2.75) is 32.7 Å². The van der Waals surface area contributed by atoms with Crippen molar-refractivity contribution < 1.29 is 4.79 Å². The van der Waals surface area contributed by atoms with E-state index >= 15 is 0 Å². The lowest BCUT2D eigenvalue weighted by Gasteiger charge is -2.34. The minimum atomic E-state index is -0.139. The summed E-state index contributed by atoms with van der Waals surface area (Å²) in [7, 11) is 0. The Hall–Kier alpha value is -2.37. The zero-order chi connectivity index (χ0) is 15.5. The molecule has 3 rings (SSSR count). The summed E-state index contributed by atoms with van der Waals surface area (Å²) in [5.74, 6) is -0.139. The molecule has 0 aliphatic carbocycles. The van der Waals surface area contributed by atoms with Crippen molar-refractivity contribution in [1.29, 1.82) is 0 Å². The molecule has 6 heteroatoms. The molecule has 6 nitrogen and oxygen atoms in total. The fourth-order valence-corrected chi connectivity index (χ4v) is 2.86. The number of aromatic amines is 1. The quantitative estimate of drug-likeness (QED) is 0.906. The van der Waals surface area contributed by atoms with Crippen LogP contribution in [0.2, 0.25) is 0 Å². The van der Waals surface area contributed by atoms with E-state index in [1.54, 1.807) is 6.92 Å². The average Bonchev–Trinajstić information content (AvgIpc) is 2.94. The lowest BCUT2D eigenvalue weighted by Crippen LogP contribution is -2.45. The van der Waals surface area contributed by atoms with Gasteiger partial charge in [-0.25, -0.2) is 0 Å². The fourth-order valence-electron chi connectivity index (χ4n) is 2.86. The van der Waals surface area contributed by atoms with E-state index in [9.17, 15) is 4.79 Å². The molecule has 1 fully saturated rings. The highest BCUT2D eigenvalue weighted by atomic mass is 16.2. The first kappa shape index (κ1) is 14.6. The van der Waals surface area contributed by atoms with Crippen molar-refractivity contribution in [2.75, 3.05) is 18.0 Å². The maximum atomic E-state index is 12.1. The van der Waals surface area contributed by atoms with Crippen molar-refractivity contribution in [3.05, 3.63) is 41.2 Å². The summed E-state index contributed by atoms with van der Waals surface area (Å²) >= 11 is 0. The Kier molecular flexibility index (Phi) is 4.09. The lowest BCUT2D eigenvalue weighted by atomic mass is 10.0. The number of carbonyl (C=O) groups is 1. The Bertz CT molecular complexity index is 658. The molecule has 1 aliphatic heterocycles. The molecular formula is C16H21N5O. The Labute approximate surface area is 129 Å². The van der Waals surface area contributed by atoms with Gasteiger partial charge >= 0.3 is 0 Å². The second-order valence-corrected chi connectivity index (χ2v) is 5.83. The number of carbonyl (C=O) groups excluding carboxylic acids is 1. The zero-order valence-electron chi connectivity index (χ0n) is 13.0. The van der Waals surface area contributed by atoms with Crippen LogP contribution in [-0.2, 0) is 0 Å². The van der Waals surface area contributed by atoms with Crippen LogP contribution in [0.25, 0.3) is 0 Å². The Morgan fingerprint density at radius 1 is 1.27 bits per heavy atom. The van der Waals surface area contributed by atoms with Crippen LogP contribution in [0.4, 0.5) is 5.69 Å². The highest BCUT2D eigenvalue weighted by Crippen LogP contribution is 2.21. The number of aromatic nitrogens is 3. The number of anilines is 1. The summed E-state index contributed by atoms with van der Waals surface area (Å²) in [6.07, 6.45) is 1.88. The van der Waals surface area contributed by atoms with Crippen LogP contribution in [-0.4, -0.2) is 40.4 Å². The third-order valence-corrected chi connectivity index (χ3v) is 4.13. The molecule has 116 valence electrons. The number of amides is 1. The summed E-state index contributed by atoms with van der Waals surface area (Å²) in [5, 5.41) is 13.3. The van der Waals surface area contributed by atoms with Gasteiger partial charge in [-0.3, -0.25) is 4.79 Å². The highest BCUT2D eigenvalue weighted by molar-refractivity contribution is 5.93. The minimum Gasteiger partial charge on any atom is -0.371 e. The molecule has 22 heavy (non-hydrogen) atoms. The first-order valence-electron chi connectivity index (χ1n) is 7.63. The van der Waals surface area contributed by atoms with E-state index in [-0.39, 0.29) is 11.9 Å². The van der Waals surface area contributed by atoms with Crippen LogP contribution in [0.5, 0.6) is 0 Å². The van der Waals surface area contributed by atoms with Gasteiger partial charge in [0.15, 0.2) is 5.69 Å². The molecule has 1 aliphatic rings. The maximum absolute atomic E-state index is 12.1. The van der Waals surface area contributed by atoms with Crippen molar-refractivity contribution >= 4 is 11.6 Å². The summed E-state index contributed by atoms with van der Waals surface area (Å²) in [4.78, 5) is 14.5. The summed E-state index contributed by atoms with van der Waals surface area (Å²) in [6.45, 7) is 5.79. The molecule has 1 amide bonds. The second kappa shape index (κ2) is 6.17. The SMILES string of the molecule is Cc1cccc(N2CCC(NC(=O)c3n[nH]nc3C)CC2)c1. The van der Waals surface area contributed by atoms with Gasteiger partial charge in [-0.1, -0.05) is 12.1 Å². The van der Waals surface area contributed by atoms with Gasteiger partial charge in [-0.2, -0.15) is 15.4 Å². The van der Waals surface area contributed by atoms with E-state index in [2.05, 4.69) is 56.8 Å². The van der Waals surface area contributed by atoms with E-state index in [0.717, 1.165) is 25.9 Å². The fraction of sp³-hybridized carbons (Fsp3) is 0.438. The van der Waals surface area contributed by atoms with Gasteiger partial charge in [0.25, 0.3) is 5.91 Å². The van der Waals surface area contributed by atoms with E-state index in [1.165, 1.54) is 11.3 Å². The van der Waals surface area contributed by atoms with Gasteiger partial charge in [-0.05, 0) is 44.4 Å². The first-order chi connectivity index (χ1) is 10.6. The van der Waals surface area contributed by atoms with Gasteiger partial charge in [0.05, 0.1) is 5.69 Å². The van der Waals surface area contributed by atoms with Gasteiger partial charge in [0.1, 0.15) is 0 Å². The molecule has 0 saturated carbocycles. The topological polar surface area (TPSA) is 73.9 Å². The largest absolute Gasteiger partial charge is 0.371 e. The molecule has 2 N–H and O–H groups in total. The zero-order valence-corrected chi connectivity index (χ0v) is 13.0. The average molecular weight is 299 g/mol. The Morgan fingerprint density at radius 3 is 2.68 bits per heavy atom. The highest BCUT2D eigenvalue weighted by Gasteiger charge is 2.23. The molecule has 0 radical (unpaired) electrons. The Balaban J connectivity index is 1.56. The van der Waals surface area contributed by atoms with Crippen LogP contribution in [0, 0.1) is 13.8 Å². The number of hydrogen-bond acceptors (Lipinski definition) is 4. The number of aryl methyl sites for hydroxylation is 2. The van der Waals surface area contributed by atoms with Crippen LogP contribution in [0.15, 0.2) is 24.3 Å². The summed E-state index contributed by atoms with van der Waals surface area (Å²) < 4.78 is 0. The first-order valence-corrected chi connectivity index (χ1v) is 7.63. The molecule has 1 aromatic carbocycles. The van der Waals surface area contributed by atoms with Gasteiger partial charge < -0.3 is 10.2 Å². The predicted molar refractivity (Wildman–Crippen MR) is 85.0 cm³/mol. The number of nitrogens with one attached hydrogen (secondary N) is 2. The van der Waals surface area contributed by atoms with Crippen LogP contribution < -0.4 is 10.2 Å². The van der Waals surface area contributed by atoms with E-state index in [0.29, 0.717) is 11.4 Å². The van der Waals surface area contributed by atoms with Gasteiger partial charge in [0.2, 0.25) is 0 Å². The number of rotatable bonds is 3. The molecule has 0 unspecified atom stereocenters. The molecule has 0 spiro atoms. The van der Waals surface area contributed by atoms with Crippen molar-refractivity contribution in [3.8, 4) is 0 Å². The normalized spacial score (nSPS) is 15.8. The molecular weight excluding hydrogens is 278 g/mol. The molecule has 2 aromatic rings. The predicted octanol–water partition coefficient (Wildman–Crippen LogP) is 1.82. The Morgan fingerprint density at radius 2 is 2.05 bits per heavy atom. The summed E-state index contributed by atoms with van der Waals surface area (Å²) in [6, 6.07) is 8.75. The van der Waals surface area contributed by atoms with E-state index in [4.69, 9.17) is 0 Å². The third-order valence-electron chi connectivity index (χ3n) is 4.13. The number of H-pyrrole nitrogens is 1. The lowest BCUT2D eigenvalue weighted by molar-refractivity contribution is 0.0925. The van der Waals surface area contributed by atoms with E-state index in [1.807, 2.05) is 0 Å². The molecule has 0 bridgehead atoms. The number of hydrogen-bond donors (Lipinski definition) is 2. The maximum Gasteiger partial charge on any atom is 0.273 e. The van der Waals surface area contributed by atoms with Crippen molar-refractivity contribution in [2.24, 2.45) is 0 Å². The van der Waals surface area contributed by atoms with Crippen molar-refractivity contribution in [3.63, 3.8) is 0 Å². The third kappa shape index (κ3) is 3.10.